The number of aromatic nitrogens is 2. The number of carbonyl (C=O) groups is 1. The molecule has 0 spiro atoms. The van der Waals surface area contributed by atoms with Crippen LogP contribution in [0.1, 0.15) is 30.3 Å². The Labute approximate surface area is 163 Å². The molecule has 1 N–H and O–H groups in total. The molecule has 1 aromatic heterocycles. The summed E-state index contributed by atoms with van der Waals surface area (Å²) in [7, 11) is 3.02. The van der Waals surface area contributed by atoms with Gasteiger partial charge in [-0.3, -0.25) is 4.79 Å². The van der Waals surface area contributed by atoms with Crippen molar-refractivity contribution < 1.29 is 14.3 Å². The number of piperidine rings is 1. The Morgan fingerprint density at radius 3 is 2.78 bits per heavy atom. The van der Waals surface area contributed by atoms with Crippen molar-refractivity contribution in [2.24, 2.45) is 5.92 Å². The average molecular weight is 391 g/mol. The maximum atomic E-state index is 12.7. The molecular formula is C19H23ClN4O3. The zero-order chi connectivity index (χ0) is 19.4. The fraction of sp³-hybridized carbons (Fsp3) is 0.421. The molecule has 1 amide bonds. The summed E-state index contributed by atoms with van der Waals surface area (Å²) in [4.78, 5) is 23.6. The highest BCUT2D eigenvalue weighted by atomic mass is 35.5. The Bertz CT molecular complexity index is 831. The second-order valence-corrected chi connectivity index (χ2v) is 6.98. The van der Waals surface area contributed by atoms with E-state index in [-0.39, 0.29) is 11.6 Å². The van der Waals surface area contributed by atoms with E-state index < -0.39 is 0 Å². The molecule has 0 saturated carbocycles. The van der Waals surface area contributed by atoms with Gasteiger partial charge in [-0.1, -0.05) is 18.5 Å². The van der Waals surface area contributed by atoms with E-state index in [0.29, 0.717) is 34.1 Å². The van der Waals surface area contributed by atoms with Gasteiger partial charge in [-0.2, -0.15) is 0 Å². The molecule has 0 aliphatic carbocycles. The zero-order valence-corrected chi connectivity index (χ0v) is 16.4. The molecule has 7 nitrogen and oxygen atoms in total. The third kappa shape index (κ3) is 4.42. The fourth-order valence-electron chi connectivity index (χ4n) is 3.14. The lowest BCUT2D eigenvalue weighted by atomic mass is 10.0. The van der Waals surface area contributed by atoms with Crippen LogP contribution in [-0.2, 0) is 0 Å². The Kier molecular flexibility index (Phi) is 6.01. The van der Waals surface area contributed by atoms with Crippen molar-refractivity contribution in [2.45, 2.75) is 19.8 Å². The molecule has 0 bridgehead atoms. The average Bonchev–Trinajstić information content (AvgIpc) is 2.69. The minimum atomic E-state index is -0.355. The second-order valence-electron chi connectivity index (χ2n) is 6.58. The lowest BCUT2D eigenvalue weighted by Gasteiger charge is -2.30. The van der Waals surface area contributed by atoms with E-state index in [9.17, 15) is 4.79 Å². The van der Waals surface area contributed by atoms with E-state index in [4.69, 9.17) is 21.1 Å². The van der Waals surface area contributed by atoms with Crippen molar-refractivity contribution in [3.8, 4) is 11.5 Å². The van der Waals surface area contributed by atoms with Crippen molar-refractivity contribution in [2.75, 3.05) is 37.5 Å². The van der Waals surface area contributed by atoms with Gasteiger partial charge in [0.15, 0.2) is 0 Å². The third-order valence-electron chi connectivity index (χ3n) is 4.54. The highest BCUT2D eigenvalue weighted by Crippen LogP contribution is 2.36. The summed E-state index contributed by atoms with van der Waals surface area (Å²) in [6.45, 7) is 4.01. The standard InChI is InChI=1S/C19H23ClN4O3/c1-12-5-4-8-24(11-12)19-21-7-6-14(23-19)18(25)22-15-10-16(26-2)13(20)9-17(15)27-3/h6-7,9-10,12H,4-5,8,11H2,1-3H3,(H,22,25). The number of ether oxygens (including phenoxy) is 2. The molecule has 1 aliphatic rings. The monoisotopic (exact) mass is 390 g/mol. The smallest absolute Gasteiger partial charge is 0.274 e. The maximum Gasteiger partial charge on any atom is 0.274 e. The SMILES string of the molecule is COc1cc(NC(=O)c2ccnc(N3CCCC(C)C3)n2)c(OC)cc1Cl. The van der Waals surface area contributed by atoms with Crippen molar-refractivity contribution in [3.63, 3.8) is 0 Å². The first-order valence-corrected chi connectivity index (χ1v) is 9.20. The normalized spacial score (nSPS) is 16.7. The lowest BCUT2D eigenvalue weighted by molar-refractivity contribution is 0.102. The van der Waals surface area contributed by atoms with Gasteiger partial charge in [-0.15, -0.1) is 0 Å². The van der Waals surface area contributed by atoms with Gasteiger partial charge in [-0.25, -0.2) is 9.97 Å². The topological polar surface area (TPSA) is 76.6 Å². The number of nitrogens with zero attached hydrogens (tertiary/aromatic N) is 3. The first kappa shape index (κ1) is 19.2. The number of anilines is 2. The van der Waals surface area contributed by atoms with E-state index in [0.717, 1.165) is 19.5 Å². The number of carbonyl (C=O) groups excluding carboxylic acids is 1. The van der Waals surface area contributed by atoms with Crippen LogP contribution in [0.15, 0.2) is 24.4 Å². The quantitative estimate of drug-likeness (QED) is 0.839. The van der Waals surface area contributed by atoms with Gasteiger partial charge >= 0.3 is 0 Å². The van der Waals surface area contributed by atoms with Gasteiger partial charge in [0.2, 0.25) is 5.95 Å². The van der Waals surface area contributed by atoms with Gasteiger partial charge in [0.1, 0.15) is 17.2 Å². The largest absolute Gasteiger partial charge is 0.495 e. The number of hydrogen-bond acceptors (Lipinski definition) is 6. The van der Waals surface area contributed by atoms with Crippen LogP contribution >= 0.6 is 11.6 Å². The molecule has 1 saturated heterocycles. The molecule has 8 heteroatoms. The maximum absolute atomic E-state index is 12.7. The van der Waals surface area contributed by atoms with Gasteiger partial charge < -0.3 is 19.7 Å². The number of nitrogens with one attached hydrogen (secondary N) is 1. The van der Waals surface area contributed by atoms with Crippen LogP contribution in [0.2, 0.25) is 5.02 Å². The molecule has 1 unspecified atom stereocenters. The van der Waals surface area contributed by atoms with Gasteiger partial charge in [0, 0.05) is 31.4 Å². The summed E-state index contributed by atoms with van der Waals surface area (Å²) in [6.07, 6.45) is 3.91. The minimum Gasteiger partial charge on any atom is -0.495 e. The summed E-state index contributed by atoms with van der Waals surface area (Å²) in [5.41, 5.74) is 0.740. The third-order valence-corrected chi connectivity index (χ3v) is 4.83. The first-order valence-electron chi connectivity index (χ1n) is 8.82. The van der Waals surface area contributed by atoms with E-state index in [2.05, 4.69) is 27.1 Å². The van der Waals surface area contributed by atoms with Gasteiger partial charge in [0.05, 0.1) is 24.9 Å². The molecule has 27 heavy (non-hydrogen) atoms. The number of hydrogen-bond donors (Lipinski definition) is 1. The van der Waals surface area contributed by atoms with Crippen LogP contribution < -0.4 is 19.7 Å². The predicted octanol–water partition coefficient (Wildman–Crippen LogP) is 3.64. The zero-order valence-electron chi connectivity index (χ0n) is 15.7. The summed E-state index contributed by atoms with van der Waals surface area (Å²) in [5.74, 6) is 1.69. The molecule has 1 aliphatic heterocycles. The van der Waals surface area contributed by atoms with Crippen LogP contribution in [-0.4, -0.2) is 43.2 Å². The second kappa shape index (κ2) is 8.43. The summed E-state index contributed by atoms with van der Waals surface area (Å²) >= 11 is 6.11. The summed E-state index contributed by atoms with van der Waals surface area (Å²) in [6, 6.07) is 4.80. The predicted molar refractivity (Wildman–Crippen MR) is 105 cm³/mol. The highest BCUT2D eigenvalue weighted by molar-refractivity contribution is 6.32. The van der Waals surface area contributed by atoms with Crippen LogP contribution in [0.4, 0.5) is 11.6 Å². The van der Waals surface area contributed by atoms with Crippen molar-refractivity contribution in [1.29, 1.82) is 0 Å². The molecule has 0 radical (unpaired) electrons. The summed E-state index contributed by atoms with van der Waals surface area (Å²) in [5, 5.41) is 3.21. The van der Waals surface area contributed by atoms with E-state index in [1.54, 1.807) is 24.4 Å². The first-order chi connectivity index (χ1) is 13.0. The molecule has 2 heterocycles. The number of benzene rings is 1. The fourth-order valence-corrected chi connectivity index (χ4v) is 3.37. The van der Waals surface area contributed by atoms with Gasteiger partial charge in [0.25, 0.3) is 5.91 Å². The molecule has 1 aromatic carbocycles. The molecular weight excluding hydrogens is 368 g/mol. The number of amides is 1. The van der Waals surface area contributed by atoms with E-state index in [1.807, 2.05) is 0 Å². The van der Waals surface area contributed by atoms with Crippen LogP contribution in [0.25, 0.3) is 0 Å². The number of halogens is 1. The van der Waals surface area contributed by atoms with Gasteiger partial charge in [-0.05, 0) is 24.8 Å². The van der Waals surface area contributed by atoms with Crippen LogP contribution in [0, 0.1) is 5.92 Å². The Balaban J connectivity index is 1.82. The van der Waals surface area contributed by atoms with Crippen molar-refractivity contribution in [3.05, 3.63) is 35.1 Å². The van der Waals surface area contributed by atoms with Crippen molar-refractivity contribution in [1.82, 2.24) is 9.97 Å². The Hall–Kier alpha value is -2.54. The van der Waals surface area contributed by atoms with Crippen LogP contribution in [0.3, 0.4) is 0 Å². The Morgan fingerprint density at radius 1 is 1.30 bits per heavy atom. The lowest BCUT2D eigenvalue weighted by Crippen LogP contribution is -2.35. The van der Waals surface area contributed by atoms with Crippen LogP contribution in [0.5, 0.6) is 11.5 Å². The highest BCUT2D eigenvalue weighted by Gasteiger charge is 2.20. The number of methoxy groups -OCH3 is 2. The number of rotatable bonds is 5. The molecule has 1 atom stereocenters. The summed E-state index contributed by atoms with van der Waals surface area (Å²) < 4.78 is 10.5. The minimum absolute atomic E-state index is 0.286. The molecule has 3 rings (SSSR count). The molecule has 1 fully saturated rings. The Morgan fingerprint density at radius 2 is 2.07 bits per heavy atom. The molecule has 2 aromatic rings. The molecule has 144 valence electrons. The van der Waals surface area contributed by atoms with E-state index >= 15 is 0 Å². The van der Waals surface area contributed by atoms with E-state index in [1.165, 1.54) is 20.6 Å². The van der Waals surface area contributed by atoms with Crippen molar-refractivity contribution >= 4 is 29.1 Å².